The van der Waals surface area contributed by atoms with Crippen molar-refractivity contribution in [3.63, 3.8) is 0 Å². The van der Waals surface area contributed by atoms with Gasteiger partial charge in [-0.05, 0) is 23.8 Å². The Bertz CT molecular complexity index is 958. The van der Waals surface area contributed by atoms with E-state index >= 15 is 0 Å². The van der Waals surface area contributed by atoms with Gasteiger partial charge in [0.15, 0.2) is 5.78 Å². The van der Waals surface area contributed by atoms with Gasteiger partial charge in [0, 0.05) is 30.8 Å². The number of ketones is 1. The second-order valence-electron chi connectivity index (χ2n) is 9.17. The summed E-state index contributed by atoms with van der Waals surface area (Å²) < 4.78 is 16.8. The molecule has 0 bridgehead atoms. The van der Waals surface area contributed by atoms with Crippen molar-refractivity contribution >= 4 is 17.7 Å². The van der Waals surface area contributed by atoms with Crippen molar-refractivity contribution in [1.29, 1.82) is 0 Å². The van der Waals surface area contributed by atoms with Crippen molar-refractivity contribution in [3.8, 4) is 0 Å². The number of carbonyl (C=O) groups is 3. The van der Waals surface area contributed by atoms with E-state index in [1.54, 1.807) is 6.07 Å². The maximum Gasteiger partial charge on any atom is 0.334 e. The van der Waals surface area contributed by atoms with Crippen LogP contribution >= 0.6 is 0 Å². The summed E-state index contributed by atoms with van der Waals surface area (Å²) >= 11 is 0. The second kappa shape index (κ2) is 5.81. The molecule has 1 aromatic rings. The Morgan fingerprint density at radius 2 is 2.10 bits per heavy atom. The van der Waals surface area contributed by atoms with E-state index in [0.717, 1.165) is 0 Å². The average Bonchev–Trinajstić information content (AvgIpc) is 3.26. The summed E-state index contributed by atoms with van der Waals surface area (Å²) in [6.45, 7) is 5.23. The van der Waals surface area contributed by atoms with Crippen LogP contribution in [0.2, 0.25) is 0 Å². The fourth-order valence-electron chi connectivity index (χ4n) is 6.67. The maximum atomic E-state index is 13.2. The van der Waals surface area contributed by atoms with Gasteiger partial charge in [0.05, 0.1) is 17.2 Å². The van der Waals surface area contributed by atoms with Crippen LogP contribution in [0.25, 0.3) is 0 Å². The third kappa shape index (κ3) is 2.14. The number of hydrogen-bond donors (Lipinski definition) is 1. The molecule has 1 N–H and O–H groups in total. The highest BCUT2D eigenvalue weighted by atomic mass is 16.6. The predicted molar refractivity (Wildman–Crippen MR) is 98.8 cm³/mol. The number of cyclic esters (lactones) is 1. The first-order valence-corrected chi connectivity index (χ1v) is 10.1. The molecule has 1 spiro atoms. The van der Waals surface area contributed by atoms with Crippen molar-refractivity contribution in [2.24, 2.45) is 22.7 Å². The zero-order valence-corrected chi connectivity index (χ0v) is 16.6. The molecule has 154 valence electrons. The maximum absolute atomic E-state index is 13.2. The Hall–Kier alpha value is -2.41. The van der Waals surface area contributed by atoms with E-state index in [1.165, 1.54) is 13.2 Å². The Balaban J connectivity index is 1.78. The Kier molecular flexibility index (Phi) is 3.73. The van der Waals surface area contributed by atoms with Crippen molar-refractivity contribution < 1.29 is 33.4 Å². The topological polar surface area (TPSA) is 103 Å². The summed E-state index contributed by atoms with van der Waals surface area (Å²) in [5, 5.41) is 11.5. The molecule has 1 aromatic heterocycles. The molecule has 2 fully saturated rings. The first-order chi connectivity index (χ1) is 13.7. The molecule has 7 unspecified atom stereocenters. The smallest absolute Gasteiger partial charge is 0.334 e. The number of aliphatic hydroxyl groups excluding tert-OH is 1. The number of hydrogen-bond acceptors (Lipinski definition) is 7. The number of allylic oxidation sites excluding steroid dienone is 1. The molecule has 0 aromatic carbocycles. The number of carbonyl (C=O) groups excluding carboxylic acids is 3. The standard InChI is InChI=1S/C22H24O7/c1-10-16(29-11(2)23)19(25)22-9-28-20(26)14(22)5-4-13-17-12(6-7-27-17)15(24)8-21(10,3)18(13)22/h5-7,10,13,16,18-19,25H,4,8-9H2,1-3H3. The fourth-order valence-corrected chi connectivity index (χ4v) is 6.67. The van der Waals surface area contributed by atoms with E-state index in [1.807, 2.05) is 19.9 Å². The van der Waals surface area contributed by atoms with Gasteiger partial charge in [-0.1, -0.05) is 19.9 Å². The minimum Gasteiger partial charge on any atom is -0.468 e. The highest BCUT2D eigenvalue weighted by molar-refractivity contribution is 5.99. The number of Topliss-reactive ketones (excluding diaryl/α,β-unsaturated/α-hetero) is 1. The third-order valence-electron chi connectivity index (χ3n) is 7.96. The van der Waals surface area contributed by atoms with Gasteiger partial charge in [-0.2, -0.15) is 0 Å². The second-order valence-corrected chi connectivity index (χ2v) is 9.17. The molecule has 5 rings (SSSR count). The molecule has 1 saturated carbocycles. The molecule has 1 aliphatic heterocycles. The van der Waals surface area contributed by atoms with Crippen LogP contribution in [0.1, 0.15) is 55.6 Å². The van der Waals surface area contributed by atoms with Gasteiger partial charge in [0.2, 0.25) is 0 Å². The lowest BCUT2D eigenvalue weighted by Gasteiger charge is -2.61. The lowest BCUT2D eigenvalue weighted by molar-refractivity contribution is -0.215. The Morgan fingerprint density at radius 3 is 2.83 bits per heavy atom. The molecule has 7 heteroatoms. The van der Waals surface area contributed by atoms with E-state index in [2.05, 4.69) is 0 Å². The summed E-state index contributed by atoms with van der Waals surface area (Å²) in [7, 11) is 0. The summed E-state index contributed by atoms with van der Waals surface area (Å²) in [5.41, 5.74) is -0.677. The van der Waals surface area contributed by atoms with Gasteiger partial charge >= 0.3 is 11.9 Å². The lowest BCUT2D eigenvalue weighted by Crippen LogP contribution is -2.66. The molecule has 3 aliphatic carbocycles. The van der Waals surface area contributed by atoms with E-state index in [4.69, 9.17) is 13.9 Å². The summed E-state index contributed by atoms with van der Waals surface area (Å²) in [5.74, 6) is -1.12. The Labute approximate surface area is 168 Å². The van der Waals surface area contributed by atoms with Gasteiger partial charge in [0.1, 0.15) is 24.6 Å². The van der Waals surface area contributed by atoms with Gasteiger partial charge < -0.3 is 19.0 Å². The zero-order chi connectivity index (χ0) is 20.7. The van der Waals surface area contributed by atoms with Gasteiger partial charge in [-0.25, -0.2) is 4.79 Å². The van der Waals surface area contributed by atoms with Crippen LogP contribution in [-0.2, 0) is 19.1 Å². The Morgan fingerprint density at radius 1 is 1.34 bits per heavy atom. The number of aliphatic hydroxyl groups is 1. The molecule has 4 aliphatic rings. The van der Waals surface area contributed by atoms with Crippen molar-refractivity contribution in [2.75, 3.05) is 6.61 Å². The van der Waals surface area contributed by atoms with E-state index < -0.39 is 35.0 Å². The minimum absolute atomic E-state index is 0.00427. The third-order valence-corrected chi connectivity index (χ3v) is 7.96. The van der Waals surface area contributed by atoms with Crippen LogP contribution in [-0.4, -0.2) is 41.6 Å². The zero-order valence-electron chi connectivity index (χ0n) is 16.6. The predicted octanol–water partition coefficient (Wildman–Crippen LogP) is 2.39. The van der Waals surface area contributed by atoms with Crippen molar-refractivity contribution in [2.45, 2.75) is 51.7 Å². The van der Waals surface area contributed by atoms with Crippen molar-refractivity contribution in [3.05, 3.63) is 35.3 Å². The molecular formula is C22H24O7. The molecule has 2 heterocycles. The first kappa shape index (κ1) is 18.6. The van der Waals surface area contributed by atoms with Crippen LogP contribution in [0.15, 0.2) is 28.4 Å². The monoisotopic (exact) mass is 400 g/mol. The number of furan rings is 1. The van der Waals surface area contributed by atoms with Gasteiger partial charge in [-0.15, -0.1) is 0 Å². The average molecular weight is 400 g/mol. The largest absolute Gasteiger partial charge is 0.468 e. The number of fused-ring (bicyclic) bond motifs is 2. The van der Waals surface area contributed by atoms with Gasteiger partial charge in [-0.3, -0.25) is 9.59 Å². The molecule has 1 saturated heterocycles. The molecule has 29 heavy (non-hydrogen) atoms. The molecule has 7 nitrogen and oxygen atoms in total. The van der Waals surface area contributed by atoms with E-state index in [-0.39, 0.29) is 36.6 Å². The van der Waals surface area contributed by atoms with Crippen LogP contribution in [0.4, 0.5) is 0 Å². The fraction of sp³-hybridized carbons (Fsp3) is 0.591. The number of ether oxygens (including phenoxy) is 2. The lowest BCUT2D eigenvalue weighted by atomic mass is 9.43. The highest BCUT2D eigenvalue weighted by Crippen LogP contribution is 2.68. The molecule has 0 amide bonds. The highest BCUT2D eigenvalue weighted by Gasteiger charge is 2.72. The summed E-state index contributed by atoms with van der Waals surface area (Å²) in [6, 6.07) is 1.70. The van der Waals surface area contributed by atoms with E-state index in [9.17, 15) is 19.5 Å². The minimum atomic E-state index is -1.12. The van der Waals surface area contributed by atoms with Crippen molar-refractivity contribution in [1.82, 2.24) is 0 Å². The SMILES string of the molecule is CC(=O)OC1C(C)C2(C)CC(=O)c3ccoc3C3CC=C4C(=O)OCC4(C1O)C32. The van der Waals surface area contributed by atoms with Crippen LogP contribution in [0.3, 0.4) is 0 Å². The normalized spacial score (nSPS) is 42.8. The molecular weight excluding hydrogens is 376 g/mol. The van der Waals surface area contributed by atoms with Crippen LogP contribution < -0.4 is 0 Å². The quantitative estimate of drug-likeness (QED) is 0.722. The van der Waals surface area contributed by atoms with E-state index in [0.29, 0.717) is 23.3 Å². The summed E-state index contributed by atoms with van der Waals surface area (Å²) in [6.07, 6.45) is 2.11. The van der Waals surface area contributed by atoms with Crippen LogP contribution in [0.5, 0.6) is 0 Å². The number of rotatable bonds is 1. The van der Waals surface area contributed by atoms with Crippen LogP contribution in [0, 0.1) is 22.7 Å². The summed E-state index contributed by atoms with van der Waals surface area (Å²) in [4.78, 5) is 37.6. The van der Waals surface area contributed by atoms with Gasteiger partial charge in [0.25, 0.3) is 0 Å². The molecule has 0 radical (unpaired) electrons. The molecule has 7 atom stereocenters. The number of esters is 2. The first-order valence-electron chi connectivity index (χ1n) is 10.1.